The first-order valence-electron chi connectivity index (χ1n) is 5.30. The Hall–Kier alpha value is -0.940. The maximum atomic E-state index is 12.2. The number of anilines is 1. The van der Waals surface area contributed by atoms with Crippen LogP contribution in [0.3, 0.4) is 0 Å². The second kappa shape index (κ2) is 6.12. The minimum absolute atomic E-state index is 0. The van der Waals surface area contributed by atoms with Crippen LogP contribution >= 0.6 is 24.2 Å². The number of nitrogens with two attached hydrogens (primary N) is 1. The van der Waals surface area contributed by atoms with Gasteiger partial charge < -0.3 is 10.6 Å². The highest BCUT2D eigenvalue weighted by molar-refractivity contribution is 7.99. The Kier molecular flexibility index (Phi) is 5.08. The van der Waals surface area contributed by atoms with Gasteiger partial charge >= 0.3 is 0 Å². The number of amides is 1. The van der Waals surface area contributed by atoms with Gasteiger partial charge in [0.1, 0.15) is 11.5 Å². The van der Waals surface area contributed by atoms with Crippen molar-refractivity contribution in [1.82, 2.24) is 9.88 Å². The third-order valence-electron chi connectivity index (χ3n) is 2.62. The number of hydrogen-bond donors (Lipinski definition) is 1. The van der Waals surface area contributed by atoms with Crippen molar-refractivity contribution in [3.63, 3.8) is 0 Å². The van der Waals surface area contributed by atoms with Crippen LogP contribution in [0.4, 0.5) is 5.82 Å². The molecule has 94 valence electrons. The fourth-order valence-electron chi connectivity index (χ4n) is 1.75. The Bertz CT molecular complexity index is 402. The quantitative estimate of drug-likeness (QED) is 0.846. The van der Waals surface area contributed by atoms with Gasteiger partial charge in [-0.3, -0.25) is 4.79 Å². The third-order valence-corrected chi connectivity index (χ3v) is 3.81. The summed E-state index contributed by atoms with van der Waals surface area (Å²) >= 11 is 1.88. The SMILES string of the molecule is CC1CSCCN1C(=O)c1cccc(N)n1.Cl. The third kappa shape index (κ3) is 3.26. The molecule has 1 fully saturated rings. The molecule has 0 spiro atoms. The summed E-state index contributed by atoms with van der Waals surface area (Å²) in [6, 6.07) is 5.44. The normalized spacial score (nSPS) is 19.6. The number of rotatable bonds is 1. The van der Waals surface area contributed by atoms with Gasteiger partial charge in [0.15, 0.2) is 0 Å². The van der Waals surface area contributed by atoms with Crippen LogP contribution < -0.4 is 5.73 Å². The second-order valence-corrected chi connectivity index (χ2v) is 5.02. The fourth-order valence-corrected chi connectivity index (χ4v) is 2.76. The van der Waals surface area contributed by atoms with Gasteiger partial charge in [-0.05, 0) is 19.1 Å². The predicted molar refractivity (Wildman–Crippen MR) is 73.7 cm³/mol. The van der Waals surface area contributed by atoms with Gasteiger partial charge in [-0.2, -0.15) is 11.8 Å². The minimum atomic E-state index is -0.0138. The molecule has 1 atom stereocenters. The maximum Gasteiger partial charge on any atom is 0.272 e. The summed E-state index contributed by atoms with van der Waals surface area (Å²) < 4.78 is 0. The second-order valence-electron chi connectivity index (χ2n) is 3.87. The molecule has 2 N–H and O–H groups in total. The van der Waals surface area contributed by atoms with Crippen molar-refractivity contribution < 1.29 is 4.79 Å². The first-order valence-corrected chi connectivity index (χ1v) is 6.45. The molecule has 4 nitrogen and oxygen atoms in total. The van der Waals surface area contributed by atoms with Crippen LogP contribution in [-0.2, 0) is 0 Å². The van der Waals surface area contributed by atoms with E-state index in [-0.39, 0.29) is 24.4 Å². The zero-order valence-corrected chi connectivity index (χ0v) is 11.3. The van der Waals surface area contributed by atoms with Crippen LogP contribution in [0, 0.1) is 0 Å². The van der Waals surface area contributed by atoms with E-state index in [2.05, 4.69) is 11.9 Å². The fraction of sp³-hybridized carbons (Fsp3) is 0.455. The lowest BCUT2D eigenvalue weighted by atomic mass is 10.2. The van der Waals surface area contributed by atoms with Crippen molar-refractivity contribution in [3.05, 3.63) is 23.9 Å². The molecular formula is C11H16ClN3OS. The van der Waals surface area contributed by atoms with E-state index >= 15 is 0 Å². The highest BCUT2D eigenvalue weighted by atomic mass is 35.5. The summed E-state index contributed by atoms with van der Waals surface area (Å²) in [6.07, 6.45) is 0. The van der Waals surface area contributed by atoms with E-state index in [0.29, 0.717) is 11.5 Å². The Labute approximate surface area is 111 Å². The molecule has 1 unspecified atom stereocenters. The molecule has 0 saturated carbocycles. The van der Waals surface area contributed by atoms with Crippen molar-refractivity contribution in [1.29, 1.82) is 0 Å². The van der Waals surface area contributed by atoms with Crippen LogP contribution in [0.5, 0.6) is 0 Å². The maximum absolute atomic E-state index is 12.2. The van der Waals surface area contributed by atoms with Gasteiger partial charge in [0, 0.05) is 24.1 Å². The lowest BCUT2D eigenvalue weighted by Gasteiger charge is -2.32. The average Bonchev–Trinajstić information content (AvgIpc) is 2.29. The van der Waals surface area contributed by atoms with E-state index in [1.165, 1.54) is 0 Å². The van der Waals surface area contributed by atoms with E-state index < -0.39 is 0 Å². The average molecular weight is 274 g/mol. The molecule has 1 saturated heterocycles. The van der Waals surface area contributed by atoms with E-state index in [9.17, 15) is 4.79 Å². The van der Waals surface area contributed by atoms with Gasteiger partial charge in [-0.1, -0.05) is 6.07 Å². The summed E-state index contributed by atoms with van der Waals surface area (Å²) in [4.78, 5) is 18.1. The number of nitrogens with zero attached hydrogens (tertiary/aromatic N) is 2. The molecule has 1 aromatic rings. The van der Waals surface area contributed by atoms with Crippen molar-refractivity contribution in [2.45, 2.75) is 13.0 Å². The van der Waals surface area contributed by atoms with Gasteiger partial charge in [-0.25, -0.2) is 4.98 Å². The Balaban J connectivity index is 0.00000144. The Morgan fingerprint density at radius 3 is 3.00 bits per heavy atom. The van der Waals surface area contributed by atoms with Crippen molar-refractivity contribution >= 4 is 35.9 Å². The van der Waals surface area contributed by atoms with E-state index in [4.69, 9.17) is 5.73 Å². The van der Waals surface area contributed by atoms with Crippen LogP contribution in [0.2, 0.25) is 0 Å². The highest BCUT2D eigenvalue weighted by Gasteiger charge is 2.25. The Morgan fingerprint density at radius 2 is 2.35 bits per heavy atom. The summed E-state index contributed by atoms with van der Waals surface area (Å²) in [5.41, 5.74) is 6.02. The molecule has 1 aliphatic heterocycles. The zero-order chi connectivity index (χ0) is 11.5. The molecule has 2 heterocycles. The molecule has 1 amide bonds. The largest absolute Gasteiger partial charge is 0.384 e. The molecule has 6 heteroatoms. The summed E-state index contributed by atoms with van der Waals surface area (Å²) in [6.45, 7) is 2.86. The number of hydrogen-bond acceptors (Lipinski definition) is 4. The number of carbonyl (C=O) groups excluding carboxylic acids is 1. The van der Waals surface area contributed by atoms with E-state index in [0.717, 1.165) is 18.1 Å². The highest BCUT2D eigenvalue weighted by Crippen LogP contribution is 2.18. The molecule has 1 aromatic heterocycles. The van der Waals surface area contributed by atoms with Crippen LogP contribution in [0.1, 0.15) is 17.4 Å². The first-order chi connectivity index (χ1) is 7.68. The zero-order valence-electron chi connectivity index (χ0n) is 9.63. The first kappa shape index (κ1) is 14.1. The molecule has 2 rings (SSSR count). The van der Waals surface area contributed by atoms with Gasteiger partial charge in [0.05, 0.1) is 0 Å². The number of aromatic nitrogens is 1. The van der Waals surface area contributed by atoms with Gasteiger partial charge in [-0.15, -0.1) is 12.4 Å². The number of pyridine rings is 1. The summed E-state index contributed by atoms with van der Waals surface area (Å²) in [5.74, 6) is 2.37. The van der Waals surface area contributed by atoms with Crippen LogP contribution in [-0.4, -0.2) is 39.9 Å². The smallest absolute Gasteiger partial charge is 0.272 e. The van der Waals surface area contributed by atoms with Crippen LogP contribution in [0.25, 0.3) is 0 Å². The molecule has 1 aliphatic rings. The van der Waals surface area contributed by atoms with Crippen molar-refractivity contribution in [3.8, 4) is 0 Å². The monoisotopic (exact) mass is 273 g/mol. The van der Waals surface area contributed by atoms with E-state index in [1.807, 2.05) is 16.7 Å². The van der Waals surface area contributed by atoms with Crippen molar-refractivity contribution in [2.75, 3.05) is 23.8 Å². The number of carbonyl (C=O) groups is 1. The van der Waals surface area contributed by atoms with Gasteiger partial charge in [0.25, 0.3) is 5.91 Å². The topological polar surface area (TPSA) is 59.2 Å². The standard InChI is InChI=1S/C11H15N3OS.ClH/c1-8-7-16-6-5-14(8)11(15)9-3-2-4-10(12)13-9;/h2-4,8H,5-7H2,1H3,(H2,12,13);1H. The Morgan fingerprint density at radius 1 is 1.59 bits per heavy atom. The van der Waals surface area contributed by atoms with Crippen LogP contribution in [0.15, 0.2) is 18.2 Å². The number of nitrogen functional groups attached to an aromatic ring is 1. The molecule has 0 aromatic carbocycles. The van der Waals surface area contributed by atoms with E-state index in [1.54, 1.807) is 18.2 Å². The summed E-state index contributed by atoms with van der Waals surface area (Å²) in [5, 5.41) is 0. The predicted octanol–water partition coefficient (Wildman–Crippen LogP) is 1.66. The summed E-state index contributed by atoms with van der Waals surface area (Å²) in [7, 11) is 0. The number of halogens is 1. The lowest BCUT2D eigenvalue weighted by Crippen LogP contribution is -2.44. The van der Waals surface area contributed by atoms with Crippen molar-refractivity contribution in [2.24, 2.45) is 0 Å². The molecule has 17 heavy (non-hydrogen) atoms. The minimum Gasteiger partial charge on any atom is -0.384 e. The molecule has 0 bridgehead atoms. The molecule has 0 radical (unpaired) electrons. The van der Waals surface area contributed by atoms with Gasteiger partial charge in [0.2, 0.25) is 0 Å². The molecule has 0 aliphatic carbocycles. The lowest BCUT2D eigenvalue weighted by molar-refractivity contribution is 0.0710. The molecular weight excluding hydrogens is 258 g/mol. The number of thioether (sulfide) groups is 1.